The van der Waals surface area contributed by atoms with Gasteiger partial charge in [0.1, 0.15) is 12.3 Å². The second kappa shape index (κ2) is 5.54. The molecular formula is C14H15ClN2O3. The third kappa shape index (κ3) is 2.77. The van der Waals surface area contributed by atoms with Gasteiger partial charge in [-0.05, 0) is 26.0 Å². The Kier molecular flexibility index (Phi) is 3.99. The van der Waals surface area contributed by atoms with Crippen LogP contribution in [-0.2, 0) is 13.7 Å². The van der Waals surface area contributed by atoms with Crippen LogP contribution in [0.25, 0.3) is 0 Å². The second-order valence-electron chi connectivity index (χ2n) is 4.52. The highest BCUT2D eigenvalue weighted by Gasteiger charge is 2.12. The minimum absolute atomic E-state index is 0.160. The van der Waals surface area contributed by atoms with E-state index < -0.39 is 5.97 Å². The maximum absolute atomic E-state index is 10.8. The van der Waals surface area contributed by atoms with Crippen molar-refractivity contribution in [3.05, 3.63) is 45.7 Å². The maximum atomic E-state index is 10.8. The van der Waals surface area contributed by atoms with E-state index in [9.17, 15) is 4.79 Å². The minimum atomic E-state index is -1.00. The summed E-state index contributed by atoms with van der Waals surface area (Å²) in [6.45, 7) is 4.06. The first-order chi connectivity index (χ1) is 9.40. The summed E-state index contributed by atoms with van der Waals surface area (Å²) in [5, 5.41) is 13.5. The van der Waals surface area contributed by atoms with Crippen LogP contribution >= 0.6 is 11.6 Å². The molecule has 1 N–H and O–H groups in total. The van der Waals surface area contributed by atoms with E-state index >= 15 is 0 Å². The lowest BCUT2D eigenvalue weighted by Crippen LogP contribution is -2.01. The fourth-order valence-electron chi connectivity index (χ4n) is 1.91. The number of carboxylic acids is 1. The monoisotopic (exact) mass is 294 g/mol. The first-order valence-electron chi connectivity index (χ1n) is 6.05. The normalized spacial score (nSPS) is 10.6. The van der Waals surface area contributed by atoms with Crippen LogP contribution in [0, 0.1) is 13.8 Å². The van der Waals surface area contributed by atoms with Gasteiger partial charge >= 0.3 is 5.97 Å². The maximum Gasteiger partial charge on any atom is 0.335 e. The molecule has 5 nitrogen and oxygen atoms in total. The zero-order chi connectivity index (χ0) is 14.9. The van der Waals surface area contributed by atoms with Crippen LogP contribution in [0.1, 0.15) is 27.3 Å². The van der Waals surface area contributed by atoms with Crippen molar-refractivity contribution < 1.29 is 14.6 Å². The number of benzene rings is 1. The van der Waals surface area contributed by atoms with Gasteiger partial charge in [0, 0.05) is 17.6 Å². The highest BCUT2D eigenvalue weighted by atomic mass is 35.5. The molecule has 0 fully saturated rings. The van der Waals surface area contributed by atoms with Crippen LogP contribution < -0.4 is 4.74 Å². The van der Waals surface area contributed by atoms with Gasteiger partial charge in [-0.1, -0.05) is 17.7 Å². The van der Waals surface area contributed by atoms with Gasteiger partial charge in [0.15, 0.2) is 5.75 Å². The van der Waals surface area contributed by atoms with Crippen molar-refractivity contribution in [2.75, 3.05) is 0 Å². The van der Waals surface area contributed by atoms with Crippen molar-refractivity contribution in [2.24, 2.45) is 7.05 Å². The number of nitrogens with zero attached hydrogens (tertiary/aromatic N) is 2. The Morgan fingerprint density at radius 1 is 1.45 bits per heavy atom. The van der Waals surface area contributed by atoms with Gasteiger partial charge in [-0.15, -0.1) is 0 Å². The zero-order valence-corrected chi connectivity index (χ0v) is 12.2. The molecule has 0 aliphatic heterocycles. The number of hydrogen-bond donors (Lipinski definition) is 1. The lowest BCUT2D eigenvalue weighted by Gasteiger charge is -2.08. The van der Waals surface area contributed by atoms with Crippen molar-refractivity contribution >= 4 is 17.6 Å². The van der Waals surface area contributed by atoms with Gasteiger partial charge in [0.25, 0.3) is 0 Å². The molecule has 1 aromatic carbocycles. The molecule has 0 saturated carbocycles. The average Bonchev–Trinajstić information content (AvgIpc) is 2.62. The number of rotatable bonds is 4. The van der Waals surface area contributed by atoms with Crippen LogP contribution in [0.2, 0.25) is 5.02 Å². The number of carbonyl (C=O) groups is 1. The smallest absolute Gasteiger partial charge is 0.335 e. The minimum Gasteiger partial charge on any atom is -0.485 e. The quantitative estimate of drug-likeness (QED) is 0.941. The molecule has 6 heteroatoms. The van der Waals surface area contributed by atoms with Gasteiger partial charge in [0.2, 0.25) is 0 Å². The van der Waals surface area contributed by atoms with E-state index in [2.05, 4.69) is 5.10 Å². The molecule has 0 aliphatic carbocycles. The van der Waals surface area contributed by atoms with Gasteiger partial charge in [-0.25, -0.2) is 4.79 Å². The van der Waals surface area contributed by atoms with Gasteiger partial charge < -0.3 is 9.84 Å². The predicted octanol–water partition coefficient (Wildman–Crippen LogP) is 2.97. The van der Waals surface area contributed by atoms with Crippen LogP contribution in [0.15, 0.2) is 18.2 Å². The van der Waals surface area contributed by atoms with Crippen LogP contribution in [0.5, 0.6) is 5.75 Å². The Labute approximate surface area is 121 Å². The standard InChI is InChI=1S/C14H15ClN2O3/c1-8-13(9(2)17(3)16-8)20-7-11-5-4-10(14(18)19)6-12(11)15/h4-6H,7H2,1-3H3,(H,18,19). The van der Waals surface area contributed by atoms with Gasteiger partial charge in [0.05, 0.1) is 11.3 Å². The van der Waals surface area contributed by atoms with E-state index in [1.807, 2.05) is 20.9 Å². The summed E-state index contributed by atoms with van der Waals surface area (Å²) in [6, 6.07) is 4.59. The van der Waals surface area contributed by atoms with Crippen LogP contribution in [0.3, 0.4) is 0 Å². The van der Waals surface area contributed by atoms with Crippen molar-refractivity contribution in [3.63, 3.8) is 0 Å². The van der Waals surface area contributed by atoms with Crippen LogP contribution in [0.4, 0.5) is 0 Å². The SMILES string of the molecule is Cc1nn(C)c(C)c1OCc1ccc(C(=O)O)cc1Cl. The Hall–Kier alpha value is -2.01. The number of carboxylic acid groups (broad SMARTS) is 1. The predicted molar refractivity (Wildman–Crippen MR) is 75.4 cm³/mol. The summed E-state index contributed by atoms with van der Waals surface area (Å²) in [5.41, 5.74) is 2.64. The first kappa shape index (κ1) is 14.4. The van der Waals surface area contributed by atoms with E-state index in [-0.39, 0.29) is 12.2 Å². The lowest BCUT2D eigenvalue weighted by molar-refractivity contribution is 0.0697. The molecule has 0 radical (unpaired) electrons. The van der Waals surface area contributed by atoms with E-state index in [0.29, 0.717) is 5.02 Å². The summed E-state index contributed by atoms with van der Waals surface area (Å²) in [6.07, 6.45) is 0. The highest BCUT2D eigenvalue weighted by Crippen LogP contribution is 2.25. The van der Waals surface area contributed by atoms with E-state index in [1.165, 1.54) is 12.1 Å². The molecule has 0 saturated heterocycles. The molecule has 1 aromatic heterocycles. The Morgan fingerprint density at radius 3 is 2.65 bits per heavy atom. The van der Waals surface area contributed by atoms with Crippen molar-refractivity contribution in [1.29, 1.82) is 0 Å². The number of aromatic nitrogens is 2. The van der Waals surface area contributed by atoms with E-state index in [0.717, 1.165) is 22.7 Å². The third-order valence-corrected chi connectivity index (χ3v) is 3.47. The summed E-state index contributed by atoms with van der Waals surface area (Å²) < 4.78 is 7.49. The van der Waals surface area contributed by atoms with Crippen LogP contribution in [-0.4, -0.2) is 20.9 Å². The third-order valence-electron chi connectivity index (χ3n) is 3.11. The lowest BCUT2D eigenvalue weighted by atomic mass is 10.1. The number of aryl methyl sites for hydroxylation is 2. The molecule has 2 rings (SSSR count). The molecule has 106 valence electrons. The van der Waals surface area contributed by atoms with E-state index in [4.69, 9.17) is 21.4 Å². The molecule has 0 spiro atoms. The average molecular weight is 295 g/mol. The molecule has 0 amide bonds. The second-order valence-corrected chi connectivity index (χ2v) is 4.93. The molecule has 1 heterocycles. The fourth-order valence-corrected chi connectivity index (χ4v) is 2.15. The zero-order valence-electron chi connectivity index (χ0n) is 11.5. The Balaban J connectivity index is 2.17. The number of hydrogen-bond acceptors (Lipinski definition) is 3. The number of ether oxygens (including phenoxy) is 1. The molecule has 0 atom stereocenters. The highest BCUT2D eigenvalue weighted by molar-refractivity contribution is 6.31. The topological polar surface area (TPSA) is 64.4 Å². The molecule has 20 heavy (non-hydrogen) atoms. The Bertz CT molecular complexity index is 665. The fraction of sp³-hybridized carbons (Fsp3) is 0.286. The first-order valence-corrected chi connectivity index (χ1v) is 6.42. The summed E-state index contributed by atoms with van der Waals surface area (Å²) in [7, 11) is 1.85. The molecule has 0 unspecified atom stereocenters. The summed E-state index contributed by atoms with van der Waals surface area (Å²) in [5.74, 6) is -0.274. The molecule has 0 bridgehead atoms. The molecule has 2 aromatic rings. The molecular weight excluding hydrogens is 280 g/mol. The largest absolute Gasteiger partial charge is 0.485 e. The number of aromatic carboxylic acids is 1. The van der Waals surface area contributed by atoms with E-state index in [1.54, 1.807) is 10.7 Å². The van der Waals surface area contributed by atoms with Crippen molar-refractivity contribution in [2.45, 2.75) is 20.5 Å². The summed E-state index contributed by atoms with van der Waals surface area (Å²) >= 11 is 6.06. The summed E-state index contributed by atoms with van der Waals surface area (Å²) in [4.78, 5) is 10.8. The number of halogens is 1. The van der Waals surface area contributed by atoms with Gasteiger partial charge in [-0.3, -0.25) is 4.68 Å². The van der Waals surface area contributed by atoms with Crippen molar-refractivity contribution in [1.82, 2.24) is 9.78 Å². The van der Waals surface area contributed by atoms with Gasteiger partial charge in [-0.2, -0.15) is 5.10 Å². The molecule has 0 aliphatic rings. The Morgan fingerprint density at radius 2 is 2.15 bits per heavy atom. The van der Waals surface area contributed by atoms with Crippen molar-refractivity contribution in [3.8, 4) is 5.75 Å².